The molecule has 2 amide bonds. The Labute approximate surface area is 176 Å². The van der Waals surface area contributed by atoms with Crippen molar-refractivity contribution in [3.05, 3.63) is 54.1 Å². The molecule has 0 bridgehead atoms. The largest absolute Gasteiger partial charge is 0.497 e. The maximum Gasteiger partial charge on any atom is 0.338 e. The minimum Gasteiger partial charge on any atom is -0.497 e. The summed E-state index contributed by atoms with van der Waals surface area (Å²) in [7, 11) is 1.58. The zero-order valence-electron chi connectivity index (χ0n) is 17.4. The Balaban J connectivity index is 1.58. The SMILES string of the molecule is COc1ccc(N2C[C@@H](C(=O)Nc3ccc(C(=O)OCC(C)C)cc3)CC2=O)cc1. The molecule has 30 heavy (non-hydrogen) atoms. The number of hydrogen-bond donors (Lipinski definition) is 1. The molecule has 2 aromatic rings. The van der Waals surface area contributed by atoms with Gasteiger partial charge in [0.1, 0.15) is 5.75 Å². The molecule has 0 radical (unpaired) electrons. The third kappa shape index (κ3) is 5.17. The van der Waals surface area contributed by atoms with Gasteiger partial charge in [-0.3, -0.25) is 9.59 Å². The van der Waals surface area contributed by atoms with Crippen LogP contribution >= 0.6 is 0 Å². The quantitative estimate of drug-likeness (QED) is 0.706. The van der Waals surface area contributed by atoms with Gasteiger partial charge < -0.3 is 19.7 Å². The van der Waals surface area contributed by atoms with E-state index in [-0.39, 0.29) is 24.2 Å². The molecule has 1 aliphatic rings. The Hall–Kier alpha value is -3.35. The fourth-order valence-corrected chi connectivity index (χ4v) is 3.15. The van der Waals surface area contributed by atoms with E-state index >= 15 is 0 Å². The number of amides is 2. The van der Waals surface area contributed by atoms with Crippen molar-refractivity contribution in [1.29, 1.82) is 0 Å². The van der Waals surface area contributed by atoms with Crippen molar-refractivity contribution in [2.75, 3.05) is 30.5 Å². The number of nitrogens with zero attached hydrogens (tertiary/aromatic N) is 1. The maximum atomic E-state index is 12.6. The molecule has 1 heterocycles. The van der Waals surface area contributed by atoms with E-state index in [1.807, 2.05) is 13.8 Å². The van der Waals surface area contributed by atoms with Crippen LogP contribution in [0.2, 0.25) is 0 Å². The second kappa shape index (κ2) is 9.43. The second-order valence-electron chi connectivity index (χ2n) is 7.66. The number of carbonyl (C=O) groups excluding carboxylic acids is 3. The highest BCUT2D eigenvalue weighted by molar-refractivity contribution is 6.03. The first-order valence-corrected chi connectivity index (χ1v) is 9.90. The summed E-state index contributed by atoms with van der Waals surface area (Å²) in [5.74, 6) is -0.193. The summed E-state index contributed by atoms with van der Waals surface area (Å²) in [6, 6.07) is 13.7. The number of methoxy groups -OCH3 is 1. The normalized spacial score (nSPS) is 15.9. The molecule has 1 atom stereocenters. The zero-order chi connectivity index (χ0) is 21.7. The Morgan fingerprint density at radius 1 is 1.10 bits per heavy atom. The van der Waals surface area contributed by atoms with Gasteiger partial charge in [0.15, 0.2) is 0 Å². The predicted molar refractivity (Wildman–Crippen MR) is 114 cm³/mol. The van der Waals surface area contributed by atoms with Crippen LogP contribution in [-0.4, -0.2) is 38.0 Å². The molecule has 1 N–H and O–H groups in total. The third-order valence-corrected chi connectivity index (χ3v) is 4.82. The van der Waals surface area contributed by atoms with Crippen LogP contribution in [0.1, 0.15) is 30.6 Å². The van der Waals surface area contributed by atoms with Crippen molar-refractivity contribution in [2.24, 2.45) is 11.8 Å². The van der Waals surface area contributed by atoms with Crippen LogP contribution in [-0.2, 0) is 14.3 Å². The van der Waals surface area contributed by atoms with Crippen molar-refractivity contribution in [3.63, 3.8) is 0 Å². The summed E-state index contributed by atoms with van der Waals surface area (Å²) >= 11 is 0. The Morgan fingerprint density at radius 2 is 1.77 bits per heavy atom. The van der Waals surface area contributed by atoms with Crippen LogP contribution in [0.25, 0.3) is 0 Å². The van der Waals surface area contributed by atoms with Gasteiger partial charge in [-0.05, 0) is 54.4 Å². The molecule has 2 aromatic carbocycles. The average molecular weight is 410 g/mol. The molecule has 0 aliphatic carbocycles. The predicted octanol–water partition coefficient (Wildman–Crippen LogP) is 3.50. The van der Waals surface area contributed by atoms with E-state index in [0.29, 0.717) is 30.2 Å². The van der Waals surface area contributed by atoms with Gasteiger partial charge in [0.25, 0.3) is 0 Å². The number of benzene rings is 2. The first-order chi connectivity index (χ1) is 14.4. The van der Waals surface area contributed by atoms with Crippen LogP contribution in [0, 0.1) is 11.8 Å². The average Bonchev–Trinajstić information content (AvgIpc) is 3.14. The smallest absolute Gasteiger partial charge is 0.338 e. The first kappa shape index (κ1) is 21.4. The lowest BCUT2D eigenvalue weighted by Crippen LogP contribution is -2.28. The van der Waals surface area contributed by atoms with E-state index in [0.717, 1.165) is 5.69 Å². The Morgan fingerprint density at radius 3 is 2.37 bits per heavy atom. The molecule has 1 saturated heterocycles. The maximum absolute atomic E-state index is 12.6. The molecule has 0 saturated carbocycles. The van der Waals surface area contributed by atoms with Crippen LogP contribution in [0.15, 0.2) is 48.5 Å². The van der Waals surface area contributed by atoms with Gasteiger partial charge in [0.05, 0.1) is 25.2 Å². The van der Waals surface area contributed by atoms with Gasteiger partial charge in [-0.25, -0.2) is 4.79 Å². The van der Waals surface area contributed by atoms with Crippen LogP contribution in [0.3, 0.4) is 0 Å². The van der Waals surface area contributed by atoms with E-state index < -0.39 is 11.9 Å². The van der Waals surface area contributed by atoms with E-state index in [1.54, 1.807) is 60.5 Å². The highest BCUT2D eigenvalue weighted by Crippen LogP contribution is 2.27. The molecule has 0 unspecified atom stereocenters. The molecule has 7 nitrogen and oxygen atoms in total. The molecule has 1 aliphatic heterocycles. The highest BCUT2D eigenvalue weighted by Gasteiger charge is 2.35. The number of hydrogen-bond acceptors (Lipinski definition) is 5. The van der Waals surface area contributed by atoms with Gasteiger partial charge >= 0.3 is 5.97 Å². The van der Waals surface area contributed by atoms with Crippen molar-refractivity contribution in [1.82, 2.24) is 0 Å². The van der Waals surface area contributed by atoms with Crippen molar-refractivity contribution >= 4 is 29.2 Å². The third-order valence-electron chi connectivity index (χ3n) is 4.82. The first-order valence-electron chi connectivity index (χ1n) is 9.90. The second-order valence-corrected chi connectivity index (χ2v) is 7.66. The number of rotatable bonds is 7. The lowest BCUT2D eigenvalue weighted by Gasteiger charge is -2.17. The van der Waals surface area contributed by atoms with Gasteiger partial charge in [-0.2, -0.15) is 0 Å². The number of ether oxygens (including phenoxy) is 2. The van der Waals surface area contributed by atoms with Crippen LogP contribution < -0.4 is 15.0 Å². The molecular formula is C23H26N2O5. The summed E-state index contributed by atoms with van der Waals surface area (Å²) in [5.41, 5.74) is 1.73. The van der Waals surface area contributed by atoms with Crippen molar-refractivity contribution in [3.8, 4) is 5.75 Å². The van der Waals surface area contributed by atoms with E-state index in [4.69, 9.17) is 9.47 Å². The molecule has 1 fully saturated rings. The minimum atomic E-state index is -0.449. The molecule has 3 rings (SSSR count). The number of anilines is 2. The fraction of sp³-hybridized carbons (Fsp3) is 0.348. The monoisotopic (exact) mass is 410 g/mol. The summed E-state index contributed by atoms with van der Waals surface area (Å²) in [4.78, 5) is 38.6. The van der Waals surface area contributed by atoms with Gasteiger partial charge in [0.2, 0.25) is 11.8 Å². The van der Waals surface area contributed by atoms with Crippen molar-refractivity contribution in [2.45, 2.75) is 20.3 Å². The standard InChI is InChI=1S/C23H26N2O5/c1-15(2)14-30-23(28)16-4-6-18(7-5-16)24-22(27)17-12-21(26)25(13-17)19-8-10-20(29-3)11-9-19/h4-11,15,17H,12-14H2,1-3H3,(H,24,27)/t17-/m0/s1. The highest BCUT2D eigenvalue weighted by atomic mass is 16.5. The van der Waals surface area contributed by atoms with E-state index in [1.165, 1.54) is 0 Å². The zero-order valence-corrected chi connectivity index (χ0v) is 17.4. The Bertz CT molecular complexity index is 906. The molecular weight excluding hydrogens is 384 g/mol. The summed E-state index contributed by atoms with van der Waals surface area (Å²) in [5, 5.41) is 2.82. The number of esters is 1. The Kier molecular flexibility index (Phi) is 6.72. The van der Waals surface area contributed by atoms with E-state index in [9.17, 15) is 14.4 Å². The number of carbonyl (C=O) groups is 3. The van der Waals surface area contributed by atoms with Gasteiger partial charge in [0, 0.05) is 24.3 Å². The lowest BCUT2D eigenvalue weighted by atomic mass is 10.1. The summed E-state index contributed by atoms with van der Waals surface area (Å²) in [6.45, 7) is 4.61. The summed E-state index contributed by atoms with van der Waals surface area (Å²) in [6.07, 6.45) is 0.150. The topological polar surface area (TPSA) is 84.9 Å². The van der Waals surface area contributed by atoms with E-state index in [2.05, 4.69) is 5.32 Å². The summed E-state index contributed by atoms with van der Waals surface area (Å²) < 4.78 is 10.3. The fourth-order valence-electron chi connectivity index (χ4n) is 3.15. The van der Waals surface area contributed by atoms with Crippen molar-refractivity contribution < 1.29 is 23.9 Å². The lowest BCUT2D eigenvalue weighted by molar-refractivity contribution is -0.122. The van der Waals surface area contributed by atoms with Crippen LogP contribution in [0.5, 0.6) is 5.75 Å². The van der Waals surface area contributed by atoms with Gasteiger partial charge in [-0.1, -0.05) is 13.8 Å². The van der Waals surface area contributed by atoms with Crippen LogP contribution in [0.4, 0.5) is 11.4 Å². The molecule has 7 heteroatoms. The van der Waals surface area contributed by atoms with Gasteiger partial charge in [-0.15, -0.1) is 0 Å². The number of nitrogens with one attached hydrogen (secondary N) is 1. The molecule has 0 spiro atoms. The molecule has 158 valence electrons. The molecule has 0 aromatic heterocycles. The minimum absolute atomic E-state index is 0.0939.